The van der Waals surface area contributed by atoms with Gasteiger partial charge in [-0.15, -0.1) is 0 Å². The Morgan fingerprint density at radius 2 is 2.12 bits per heavy atom. The molecule has 2 aromatic heterocycles. The number of rotatable bonds is 4. The number of aliphatic hydroxyl groups is 2. The topological polar surface area (TPSA) is 125 Å². The Bertz CT molecular complexity index is 828. The summed E-state index contributed by atoms with van der Waals surface area (Å²) in [6, 6.07) is 0.375. The van der Waals surface area contributed by atoms with Gasteiger partial charge in [0.25, 0.3) is 0 Å². The predicted octanol–water partition coefficient (Wildman–Crippen LogP) is -0.473. The average molecular weight is 432 g/mol. The second-order valence-corrected chi connectivity index (χ2v) is 9.11. The second kappa shape index (κ2) is 6.37. The summed E-state index contributed by atoms with van der Waals surface area (Å²) >= 11 is 5.67. The molecule has 0 spiro atoms. The van der Waals surface area contributed by atoms with E-state index in [0.717, 1.165) is 12.8 Å². The quantitative estimate of drug-likeness (QED) is 0.381. The van der Waals surface area contributed by atoms with Crippen LogP contribution in [0.25, 0.3) is 11.2 Å². The summed E-state index contributed by atoms with van der Waals surface area (Å²) in [6.45, 7) is 0. The van der Waals surface area contributed by atoms with E-state index in [1.807, 2.05) is 0 Å². The van der Waals surface area contributed by atoms with Gasteiger partial charge >= 0.3 is 154 Å². The van der Waals surface area contributed by atoms with Gasteiger partial charge in [-0.3, -0.25) is 0 Å². The summed E-state index contributed by atoms with van der Waals surface area (Å²) in [4.78, 5) is 23.7. The SMILES string of the molecule is CNC(=O)[C@H]1[Se][C@@H](n2cnc3c(NC4CC4)nc(Cl)nc32)[C@H](O)[C@@H]1O. The van der Waals surface area contributed by atoms with E-state index in [4.69, 9.17) is 11.6 Å². The van der Waals surface area contributed by atoms with Gasteiger partial charge in [0.1, 0.15) is 0 Å². The molecular weight excluding hydrogens is 415 g/mol. The van der Waals surface area contributed by atoms with Crippen LogP contribution in [0, 0.1) is 0 Å². The van der Waals surface area contributed by atoms with E-state index in [9.17, 15) is 15.0 Å². The minimum absolute atomic E-state index is 0.0841. The molecule has 2 aromatic rings. The molecule has 1 saturated carbocycles. The van der Waals surface area contributed by atoms with Gasteiger partial charge in [0, 0.05) is 0 Å². The molecule has 9 nitrogen and oxygen atoms in total. The molecule has 4 N–H and O–H groups in total. The molecule has 0 unspecified atom stereocenters. The molecule has 3 heterocycles. The number of fused-ring (bicyclic) bond motifs is 1. The Balaban J connectivity index is 1.72. The number of aliphatic hydroxyl groups excluding tert-OH is 2. The van der Waals surface area contributed by atoms with Crippen molar-refractivity contribution in [1.29, 1.82) is 0 Å². The molecule has 11 heteroatoms. The first-order valence-electron chi connectivity index (χ1n) is 7.89. The Kier molecular flexibility index (Phi) is 4.33. The number of aromatic nitrogens is 4. The molecule has 2 aliphatic rings. The summed E-state index contributed by atoms with van der Waals surface area (Å²) in [6.07, 6.45) is 1.52. The van der Waals surface area contributed by atoms with Crippen LogP contribution in [0.2, 0.25) is 10.1 Å². The molecular formula is C14H17ClN6O3Se. The van der Waals surface area contributed by atoms with Crippen molar-refractivity contribution in [2.24, 2.45) is 0 Å². The van der Waals surface area contributed by atoms with Gasteiger partial charge in [0.15, 0.2) is 0 Å². The number of carbonyl (C=O) groups is 1. The van der Waals surface area contributed by atoms with E-state index in [2.05, 4.69) is 25.6 Å². The standard InChI is InChI=1S/C14H17ClN6O3Se/c1-16-12(24)9-7(22)8(23)13(25-9)21-4-17-6-10(18-5-2-3-5)19-14(15)20-11(6)21/h4-5,7-9,13,22-23H,2-3H2,1H3,(H,16,24)(H,18,19,20)/t7-,8+,9-,13+/m0/s1. The van der Waals surface area contributed by atoms with Crippen LogP contribution in [0.5, 0.6) is 0 Å². The zero-order valence-electron chi connectivity index (χ0n) is 13.3. The van der Waals surface area contributed by atoms with E-state index in [1.54, 1.807) is 10.9 Å². The van der Waals surface area contributed by atoms with E-state index in [-0.39, 0.29) is 26.1 Å². The van der Waals surface area contributed by atoms with Crippen LogP contribution in [0.1, 0.15) is 17.8 Å². The first-order chi connectivity index (χ1) is 12.0. The Morgan fingerprint density at radius 1 is 1.36 bits per heavy atom. The average Bonchev–Trinajstić information content (AvgIpc) is 3.23. The van der Waals surface area contributed by atoms with Gasteiger partial charge in [-0.25, -0.2) is 0 Å². The molecule has 134 valence electrons. The fraction of sp³-hybridized carbons (Fsp3) is 0.571. The van der Waals surface area contributed by atoms with Gasteiger partial charge in [-0.05, 0) is 0 Å². The molecule has 4 atom stereocenters. The summed E-state index contributed by atoms with van der Waals surface area (Å²) in [5, 5.41) is 26.6. The summed E-state index contributed by atoms with van der Waals surface area (Å²) in [7, 11) is 1.51. The van der Waals surface area contributed by atoms with Crippen molar-refractivity contribution in [3.8, 4) is 0 Å². The third-order valence-corrected chi connectivity index (χ3v) is 7.79. The number of hydrogen-bond donors (Lipinski definition) is 4. The van der Waals surface area contributed by atoms with Crippen LogP contribution in [0.3, 0.4) is 0 Å². The number of nitrogens with zero attached hydrogens (tertiary/aromatic N) is 4. The van der Waals surface area contributed by atoms with Crippen molar-refractivity contribution in [3.05, 3.63) is 11.6 Å². The van der Waals surface area contributed by atoms with Crippen molar-refractivity contribution in [2.45, 2.75) is 40.8 Å². The third-order valence-electron chi connectivity index (χ3n) is 4.33. The Morgan fingerprint density at radius 3 is 2.80 bits per heavy atom. The van der Waals surface area contributed by atoms with Gasteiger partial charge in [-0.2, -0.15) is 0 Å². The maximum atomic E-state index is 11.9. The fourth-order valence-corrected chi connectivity index (χ4v) is 6.10. The number of hydrogen-bond acceptors (Lipinski definition) is 7. The summed E-state index contributed by atoms with van der Waals surface area (Å²) in [5.41, 5.74) is 1.05. The van der Waals surface area contributed by atoms with Crippen LogP contribution in [0.15, 0.2) is 6.33 Å². The number of nitrogens with one attached hydrogen (secondary N) is 2. The van der Waals surface area contributed by atoms with E-state index in [0.29, 0.717) is 23.0 Å². The van der Waals surface area contributed by atoms with Crippen molar-refractivity contribution >= 4 is 49.4 Å². The van der Waals surface area contributed by atoms with Crippen molar-refractivity contribution in [1.82, 2.24) is 24.8 Å². The Labute approximate surface area is 154 Å². The molecule has 25 heavy (non-hydrogen) atoms. The monoisotopic (exact) mass is 432 g/mol. The van der Waals surface area contributed by atoms with Gasteiger partial charge < -0.3 is 0 Å². The minimum atomic E-state index is -1.12. The maximum absolute atomic E-state index is 11.9. The first-order valence-corrected chi connectivity index (χ1v) is 10.2. The van der Waals surface area contributed by atoms with Crippen molar-refractivity contribution in [2.75, 3.05) is 12.4 Å². The van der Waals surface area contributed by atoms with E-state index >= 15 is 0 Å². The van der Waals surface area contributed by atoms with Crippen LogP contribution < -0.4 is 10.6 Å². The molecule has 4 rings (SSSR count). The second-order valence-electron chi connectivity index (χ2n) is 6.13. The number of anilines is 1. The van der Waals surface area contributed by atoms with Crippen LogP contribution in [-0.2, 0) is 4.79 Å². The van der Waals surface area contributed by atoms with Crippen LogP contribution >= 0.6 is 11.6 Å². The zero-order valence-corrected chi connectivity index (χ0v) is 15.7. The number of halogens is 1. The molecule has 0 aromatic carbocycles. The van der Waals surface area contributed by atoms with Crippen LogP contribution in [0.4, 0.5) is 5.82 Å². The van der Waals surface area contributed by atoms with Crippen molar-refractivity contribution < 1.29 is 15.0 Å². The predicted molar refractivity (Wildman–Crippen MR) is 91.6 cm³/mol. The molecule has 1 aliphatic carbocycles. The van der Waals surface area contributed by atoms with Crippen molar-refractivity contribution in [3.63, 3.8) is 0 Å². The third kappa shape index (κ3) is 2.98. The van der Waals surface area contributed by atoms with Gasteiger partial charge in [0.2, 0.25) is 0 Å². The fourth-order valence-electron chi connectivity index (χ4n) is 2.85. The number of carbonyl (C=O) groups excluding carboxylic acids is 1. The van der Waals surface area contributed by atoms with Gasteiger partial charge in [-0.1, -0.05) is 0 Å². The normalized spacial score (nSPS) is 29.1. The number of imidazole rings is 1. The van der Waals surface area contributed by atoms with Gasteiger partial charge in [0.05, 0.1) is 0 Å². The van der Waals surface area contributed by atoms with E-state index in [1.165, 1.54) is 7.05 Å². The Hall–Kier alpha value is -1.45. The number of amides is 1. The zero-order chi connectivity index (χ0) is 17.7. The molecule has 1 saturated heterocycles. The molecule has 1 amide bonds. The molecule has 0 bridgehead atoms. The first kappa shape index (κ1) is 17.0. The molecule has 1 aliphatic heterocycles. The molecule has 0 radical (unpaired) electrons. The van der Waals surface area contributed by atoms with E-state index < -0.39 is 22.0 Å². The summed E-state index contributed by atoms with van der Waals surface area (Å²) in [5.74, 6) is 0.293. The summed E-state index contributed by atoms with van der Waals surface area (Å²) < 4.78 is 1.69. The van der Waals surface area contributed by atoms with Crippen LogP contribution in [-0.4, -0.2) is 75.9 Å². The molecule has 2 fully saturated rings.